The van der Waals surface area contributed by atoms with Crippen LogP contribution in [0.5, 0.6) is 0 Å². The second-order valence-corrected chi connectivity index (χ2v) is 3.37. The van der Waals surface area contributed by atoms with E-state index in [1.165, 1.54) is 0 Å². The molecule has 16 heavy (non-hydrogen) atoms. The maximum atomic E-state index is 11.3. The molecular weight excluding hydrogens is 206 g/mol. The lowest BCUT2D eigenvalue weighted by Crippen LogP contribution is -2.34. The van der Waals surface area contributed by atoms with Crippen LogP contribution in [0.1, 0.15) is 12.5 Å². The lowest BCUT2D eigenvalue weighted by atomic mass is 10.2. The topological polar surface area (TPSA) is 85.2 Å². The normalized spacial score (nSPS) is 11.3. The summed E-state index contributed by atoms with van der Waals surface area (Å²) in [5.41, 5.74) is 1.14. The summed E-state index contributed by atoms with van der Waals surface area (Å²) >= 11 is 0. The fraction of sp³-hybridized carbons (Fsp3) is 0.273. The standard InChI is InChI=1S/C11H13N3O2/c1-8(15)7-13-11(16)14-10-4-2-9(6-12)3-5-10/h2-5,8,15H,7H2,1H3,(H2,13,14,16)/t8-/m0/s1. The van der Waals surface area contributed by atoms with Crippen LogP contribution in [0.2, 0.25) is 0 Å². The van der Waals surface area contributed by atoms with E-state index in [4.69, 9.17) is 10.4 Å². The Morgan fingerprint density at radius 3 is 2.62 bits per heavy atom. The number of nitrogens with one attached hydrogen (secondary N) is 2. The van der Waals surface area contributed by atoms with Gasteiger partial charge < -0.3 is 15.7 Å². The molecule has 0 aromatic heterocycles. The largest absolute Gasteiger partial charge is 0.392 e. The number of carbonyl (C=O) groups excluding carboxylic acids is 1. The van der Waals surface area contributed by atoms with E-state index in [1.54, 1.807) is 31.2 Å². The number of hydrogen-bond acceptors (Lipinski definition) is 3. The van der Waals surface area contributed by atoms with Crippen molar-refractivity contribution in [3.05, 3.63) is 29.8 Å². The molecule has 3 N–H and O–H groups in total. The zero-order valence-electron chi connectivity index (χ0n) is 8.90. The van der Waals surface area contributed by atoms with E-state index in [1.807, 2.05) is 6.07 Å². The fourth-order valence-electron chi connectivity index (χ4n) is 1.04. The van der Waals surface area contributed by atoms with Crippen molar-refractivity contribution in [3.8, 4) is 6.07 Å². The van der Waals surface area contributed by atoms with Crippen LogP contribution in [0.15, 0.2) is 24.3 Å². The Labute approximate surface area is 93.7 Å². The van der Waals surface area contributed by atoms with Gasteiger partial charge >= 0.3 is 6.03 Å². The van der Waals surface area contributed by atoms with E-state index in [9.17, 15) is 4.79 Å². The maximum absolute atomic E-state index is 11.3. The molecule has 1 rings (SSSR count). The molecule has 0 saturated carbocycles. The van der Waals surface area contributed by atoms with Crippen LogP contribution >= 0.6 is 0 Å². The van der Waals surface area contributed by atoms with Crippen molar-refractivity contribution in [2.24, 2.45) is 0 Å². The Balaban J connectivity index is 2.47. The number of nitrogens with zero attached hydrogens (tertiary/aromatic N) is 1. The van der Waals surface area contributed by atoms with Gasteiger partial charge in [0.05, 0.1) is 17.7 Å². The van der Waals surface area contributed by atoms with Gasteiger partial charge in [-0.25, -0.2) is 4.79 Å². The van der Waals surface area contributed by atoms with Gasteiger partial charge in [-0.1, -0.05) is 0 Å². The molecule has 0 heterocycles. The van der Waals surface area contributed by atoms with Gasteiger partial charge in [-0.2, -0.15) is 5.26 Å². The Kier molecular flexibility index (Phi) is 4.30. The van der Waals surface area contributed by atoms with Gasteiger partial charge in [0.2, 0.25) is 0 Å². The Bertz CT molecular complexity index is 393. The molecule has 2 amide bonds. The summed E-state index contributed by atoms with van der Waals surface area (Å²) in [5.74, 6) is 0. The highest BCUT2D eigenvalue weighted by atomic mass is 16.3. The van der Waals surface area contributed by atoms with Crippen molar-refractivity contribution >= 4 is 11.7 Å². The van der Waals surface area contributed by atoms with Crippen LogP contribution < -0.4 is 10.6 Å². The molecule has 0 unspecified atom stereocenters. The fourth-order valence-corrected chi connectivity index (χ4v) is 1.04. The minimum absolute atomic E-state index is 0.197. The highest BCUT2D eigenvalue weighted by Gasteiger charge is 2.02. The predicted octanol–water partition coefficient (Wildman–Crippen LogP) is 1.06. The number of hydrogen-bond donors (Lipinski definition) is 3. The van der Waals surface area contributed by atoms with Crippen molar-refractivity contribution in [3.63, 3.8) is 0 Å². The van der Waals surface area contributed by atoms with E-state index in [0.29, 0.717) is 11.3 Å². The predicted molar refractivity (Wildman–Crippen MR) is 59.9 cm³/mol. The van der Waals surface area contributed by atoms with Crippen LogP contribution in [-0.4, -0.2) is 23.8 Å². The molecule has 0 spiro atoms. The van der Waals surface area contributed by atoms with Gasteiger partial charge in [0, 0.05) is 12.2 Å². The second-order valence-electron chi connectivity index (χ2n) is 3.37. The van der Waals surface area contributed by atoms with Crippen molar-refractivity contribution in [2.45, 2.75) is 13.0 Å². The van der Waals surface area contributed by atoms with Crippen molar-refractivity contribution in [1.82, 2.24) is 5.32 Å². The molecular formula is C11H13N3O2. The lowest BCUT2D eigenvalue weighted by Gasteiger charge is -2.08. The molecule has 84 valence electrons. The van der Waals surface area contributed by atoms with Gasteiger partial charge in [-0.15, -0.1) is 0 Å². The Hall–Kier alpha value is -2.06. The molecule has 0 radical (unpaired) electrons. The van der Waals surface area contributed by atoms with Crippen LogP contribution in [0.3, 0.4) is 0 Å². The van der Waals surface area contributed by atoms with Gasteiger partial charge in [-0.05, 0) is 31.2 Å². The van der Waals surface area contributed by atoms with Crippen LogP contribution in [0.4, 0.5) is 10.5 Å². The van der Waals surface area contributed by atoms with Crippen LogP contribution in [0.25, 0.3) is 0 Å². The first-order chi connectivity index (χ1) is 7.61. The lowest BCUT2D eigenvalue weighted by molar-refractivity contribution is 0.190. The summed E-state index contributed by atoms with van der Waals surface area (Å²) in [4.78, 5) is 11.3. The van der Waals surface area contributed by atoms with Crippen molar-refractivity contribution in [2.75, 3.05) is 11.9 Å². The monoisotopic (exact) mass is 219 g/mol. The third-order valence-electron chi connectivity index (χ3n) is 1.83. The summed E-state index contributed by atoms with van der Waals surface area (Å²) in [6.07, 6.45) is -0.577. The number of carbonyl (C=O) groups is 1. The molecule has 1 aromatic rings. The third-order valence-corrected chi connectivity index (χ3v) is 1.83. The minimum Gasteiger partial charge on any atom is -0.392 e. The molecule has 5 nitrogen and oxygen atoms in total. The molecule has 0 aliphatic rings. The molecule has 0 aliphatic heterocycles. The summed E-state index contributed by atoms with van der Waals surface area (Å²) < 4.78 is 0. The highest BCUT2D eigenvalue weighted by Crippen LogP contribution is 2.08. The summed E-state index contributed by atoms with van der Waals surface area (Å²) in [5, 5.41) is 22.6. The van der Waals surface area contributed by atoms with Gasteiger partial charge in [0.25, 0.3) is 0 Å². The van der Waals surface area contributed by atoms with E-state index < -0.39 is 6.10 Å². The number of aliphatic hydroxyl groups is 1. The molecule has 5 heteroatoms. The first-order valence-electron chi connectivity index (χ1n) is 4.85. The highest BCUT2D eigenvalue weighted by molar-refractivity contribution is 5.89. The summed E-state index contributed by atoms with van der Waals surface area (Å²) in [6.45, 7) is 1.78. The molecule has 1 aromatic carbocycles. The van der Waals surface area contributed by atoms with E-state index >= 15 is 0 Å². The Morgan fingerprint density at radius 1 is 1.50 bits per heavy atom. The summed E-state index contributed by atoms with van der Waals surface area (Å²) in [6, 6.07) is 8.11. The molecule has 0 saturated heterocycles. The zero-order valence-corrected chi connectivity index (χ0v) is 8.90. The number of benzene rings is 1. The first-order valence-corrected chi connectivity index (χ1v) is 4.85. The first kappa shape index (κ1) is 12.0. The average molecular weight is 219 g/mol. The second kappa shape index (κ2) is 5.73. The van der Waals surface area contributed by atoms with Crippen molar-refractivity contribution in [1.29, 1.82) is 5.26 Å². The molecule has 0 bridgehead atoms. The number of rotatable bonds is 3. The quantitative estimate of drug-likeness (QED) is 0.710. The third kappa shape index (κ3) is 3.98. The maximum Gasteiger partial charge on any atom is 0.319 e. The van der Waals surface area contributed by atoms with Crippen LogP contribution in [-0.2, 0) is 0 Å². The van der Waals surface area contributed by atoms with E-state index in [-0.39, 0.29) is 12.6 Å². The van der Waals surface area contributed by atoms with Crippen molar-refractivity contribution < 1.29 is 9.90 Å². The Morgan fingerprint density at radius 2 is 2.12 bits per heavy atom. The van der Waals surface area contributed by atoms with E-state index in [2.05, 4.69) is 10.6 Å². The number of nitriles is 1. The number of anilines is 1. The average Bonchev–Trinajstić information content (AvgIpc) is 2.27. The zero-order chi connectivity index (χ0) is 12.0. The molecule has 0 fully saturated rings. The van der Waals surface area contributed by atoms with Gasteiger partial charge in [-0.3, -0.25) is 0 Å². The van der Waals surface area contributed by atoms with Gasteiger partial charge in [0.1, 0.15) is 0 Å². The summed E-state index contributed by atoms with van der Waals surface area (Å²) in [7, 11) is 0. The number of urea groups is 1. The molecule has 0 aliphatic carbocycles. The SMILES string of the molecule is C[C@H](O)CNC(=O)Nc1ccc(C#N)cc1. The minimum atomic E-state index is -0.577. The number of amides is 2. The van der Waals surface area contributed by atoms with Crippen LogP contribution in [0, 0.1) is 11.3 Å². The smallest absolute Gasteiger partial charge is 0.319 e. The van der Waals surface area contributed by atoms with Gasteiger partial charge in [0.15, 0.2) is 0 Å². The molecule has 1 atom stereocenters. The number of aliphatic hydroxyl groups excluding tert-OH is 1. The van der Waals surface area contributed by atoms with E-state index in [0.717, 1.165) is 0 Å².